The number of carboxylic acids is 2. The molecule has 1 aromatic rings. The smallest absolute Gasteiger partial charge is 0.326 e. The molecule has 39 heavy (non-hydrogen) atoms. The van der Waals surface area contributed by atoms with E-state index in [1.165, 1.54) is 0 Å². The fourth-order valence-corrected chi connectivity index (χ4v) is 3.34. The highest BCUT2D eigenvalue weighted by Gasteiger charge is 2.31. The summed E-state index contributed by atoms with van der Waals surface area (Å²) in [7, 11) is 0. The Labute approximate surface area is 223 Å². The number of aliphatic imine (C=N–C) groups is 1. The zero-order valence-corrected chi connectivity index (χ0v) is 21.0. The Morgan fingerprint density at radius 3 is 1.90 bits per heavy atom. The molecule has 0 saturated heterocycles. The number of hydrogen-bond acceptors (Lipinski definition) is 8. The van der Waals surface area contributed by atoms with E-state index in [1.807, 2.05) is 0 Å². The molecule has 0 radical (unpaired) electrons. The molecule has 0 aliphatic carbocycles. The van der Waals surface area contributed by atoms with Crippen LogP contribution in [0.15, 0.2) is 35.3 Å². The van der Waals surface area contributed by atoms with Gasteiger partial charge in [-0.1, -0.05) is 30.3 Å². The molecule has 0 fully saturated rings. The predicted molar refractivity (Wildman–Crippen MR) is 138 cm³/mol. The van der Waals surface area contributed by atoms with Gasteiger partial charge in [-0.05, 0) is 18.4 Å². The molecule has 0 saturated carbocycles. The molecule has 0 aliphatic rings. The molecule has 214 valence electrons. The lowest BCUT2D eigenvalue weighted by Gasteiger charge is -2.24. The largest absolute Gasteiger partial charge is 0.481 e. The monoisotopic (exact) mass is 550 g/mol. The maximum atomic E-state index is 13.1. The first-order valence-electron chi connectivity index (χ1n) is 11.8. The van der Waals surface area contributed by atoms with E-state index in [0.29, 0.717) is 5.56 Å². The van der Waals surface area contributed by atoms with E-state index in [-0.39, 0.29) is 31.8 Å². The minimum Gasteiger partial charge on any atom is -0.481 e. The average Bonchev–Trinajstić information content (AvgIpc) is 2.84. The summed E-state index contributed by atoms with van der Waals surface area (Å²) in [6.45, 7) is 0.0832. The number of benzene rings is 1. The van der Waals surface area contributed by atoms with Crippen LogP contribution in [0.2, 0.25) is 0 Å². The van der Waals surface area contributed by atoms with Gasteiger partial charge in [-0.15, -0.1) is 0 Å². The Balaban J connectivity index is 3.08. The number of amides is 4. The number of rotatable bonds is 17. The maximum Gasteiger partial charge on any atom is 0.326 e. The van der Waals surface area contributed by atoms with Crippen molar-refractivity contribution in [1.29, 1.82) is 0 Å². The van der Waals surface area contributed by atoms with Gasteiger partial charge in [0.1, 0.15) is 18.1 Å². The van der Waals surface area contributed by atoms with E-state index in [4.69, 9.17) is 28.0 Å². The first-order chi connectivity index (χ1) is 18.3. The van der Waals surface area contributed by atoms with Crippen molar-refractivity contribution in [3.63, 3.8) is 0 Å². The van der Waals surface area contributed by atoms with Crippen LogP contribution in [0, 0.1) is 0 Å². The van der Waals surface area contributed by atoms with E-state index in [9.17, 15) is 33.9 Å². The number of nitrogens with two attached hydrogens (primary N) is 4. The molecule has 1 aromatic carbocycles. The summed E-state index contributed by atoms with van der Waals surface area (Å²) >= 11 is 0. The number of carboxylic acid groups (broad SMARTS) is 2. The van der Waals surface area contributed by atoms with E-state index < -0.39 is 72.6 Å². The van der Waals surface area contributed by atoms with Gasteiger partial charge in [0.25, 0.3) is 0 Å². The molecular formula is C23H34N8O8. The summed E-state index contributed by atoms with van der Waals surface area (Å²) in [5.41, 5.74) is 21.9. The number of carbonyl (C=O) groups excluding carboxylic acids is 4. The van der Waals surface area contributed by atoms with E-state index in [1.54, 1.807) is 30.3 Å². The van der Waals surface area contributed by atoms with Gasteiger partial charge in [0.15, 0.2) is 5.96 Å². The molecule has 16 nitrogen and oxygen atoms in total. The van der Waals surface area contributed by atoms with Gasteiger partial charge in [0, 0.05) is 13.0 Å². The molecule has 0 spiro atoms. The van der Waals surface area contributed by atoms with Gasteiger partial charge in [0.05, 0.1) is 18.9 Å². The van der Waals surface area contributed by atoms with Crippen LogP contribution in [-0.2, 0) is 35.2 Å². The third-order valence-electron chi connectivity index (χ3n) is 5.25. The van der Waals surface area contributed by atoms with Crippen LogP contribution in [0.1, 0.15) is 31.2 Å². The molecule has 0 heterocycles. The molecule has 1 rings (SSSR count). The van der Waals surface area contributed by atoms with Crippen molar-refractivity contribution in [2.45, 2.75) is 56.3 Å². The minimum atomic E-state index is -1.59. The van der Waals surface area contributed by atoms with Crippen LogP contribution in [0.3, 0.4) is 0 Å². The van der Waals surface area contributed by atoms with Gasteiger partial charge in [0.2, 0.25) is 23.6 Å². The third kappa shape index (κ3) is 12.9. The lowest BCUT2D eigenvalue weighted by Crippen LogP contribution is -2.58. The van der Waals surface area contributed by atoms with Crippen molar-refractivity contribution in [3.8, 4) is 0 Å². The molecular weight excluding hydrogens is 516 g/mol. The van der Waals surface area contributed by atoms with Gasteiger partial charge in [-0.2, -0.15) is 0 Å². The number of hydrogen-bond donors (Lipinski definition) is 9. The Morgan fingerprint density at radius 2 is 1.36 bits per heavy atom. The zero-order chi connectivity index (χ0) is 29.5. The SMILES string of the molecule is NC(=O)CC(NC(=O)C(N)CC(=O)O)C(=O)NC(CCCN=C(N)N)C(=O)NC(Cc1ccccc1)C(=O)O. The molecule has 4 unspecified atom stereocenters. The molecule has 13 N–H and O–H groups in total. The lowest BCUT2D eigenvalue weighted by atomic mass is 10.0. The van der Waals surface area contributed by atoms with Crippen LogP contribution in [0.4, 0.5) is 0 Å². The number of primary amides is 1. The summed E-state index contributed by atoms with van der Waals surface area (Å²) in [5, 5.41) is 25.3. The highest BCUT2D eigenvalue weighted by Crippen LogP contribution is 2.07. The van der Waals surface area contributed by atoms with Gasteiger partial charge >= 0.3 is 11.9 Å². The van der Waals surface area contributed by atoms with Crippen LogP contribution in [0.5, 0.6) is 0 Å². The highest BCUT2D eigenvalue weighted by atomic mass is 16.4. The Hall–Kier alpha value is -4.73. The highest BCUT2D eigenvalue weighted by molar-refractivity contribution is 5.96. The molecule has 4 atom stereocenters. The molecule has 0 aromatic heterocycles. The van der Waals surface area contributed by atoms with Crippen molar-refractivity contribution >= 4 is 41.5 Å². The number of carbonyl (C=O) groups is 6. The third-order valence-corrected chi connectivity index (χ3v) is 5.25. The lowest BCUT2D eigenvalue weighted by molar-refractivity contribution is -0.142. The van der Waals surface area contributed by atoms with Crippen LogP contribution in [-0.4, -0.2) is 82.5 Å². The molecule has 0 aliphatic heterocycles. The van der Waals surface area contributed by atoms with Gasteiger partial charge in [-0.25, -0.2) is 4.79 Å². The van der Waals surface area contributed by atoms with Gasteiger partial charge < -0.3 is 49.1 Å². The fraction of sp³-hybridized carbons (Fsp3) is 0.435. The van der Waals surface area contributed by atoms with Crippen molar-refractivity contribution in [3.05, 3.63) is 35.9 Å². The zero-order valence-electron chi connectivity index (χ0n) is 21.0. The van der Waals surface area contributed by atoms with Crippen molar-refractivity contribution in [2.75, 3.05) is 6.54 Å². The second-order valence-corrected chi connectivity index (χ2v) is 8.54. The summed E-state index contributed by atoms with van der Waals surface area (Å²) in [6, 6.07) is 2.73. The topological polar surface area (TPSA) is 295 Å². The fourth-order valence-electron chi connectivity index (χ4n) is 3.34. The second-order valence-electron chi connectivity index (χ2n) is 8.54. The van der Waals surface area contributed by atoms with Crippen LogP contribution < -0.4 is 38.9 Å². The molecule has 0 bridgehead atoms. The first-order valence-corrected chi connectivity index (χ1v) is 11.8. The first kappa shape index (κ1) is 32.3. The Bertz CT molecular complexity index is 1060. The number of nitrogens with one attached hydrogen (secondary N) is 3. The van der Waals surface area contributed by atoms with Crippen LogP contribution in [0.25, 0.3) is 0 Å². The van der Waals surface area contributed by atoms with E-state index in [0.717, 1.165) is 0 Å². The standard InChI is InChI=1S/C23H34N8O8/c24-13(10-18(33)34)19(35)30-15(11-17(25)32)21(37)29-14(7-4-8-28-23(26)27)20(36)31-16(22(38)39)9-12-5-2-1-3-6-12/h1-3,5-6,13-16H,4,7-11,24H2,(H2,25,32)(H,29,37)(H,30,35)(H,31,36)(H,33,34)(H,38,39)(H4,26,27,28). The summed E-state index contributed by atoms with van der Waals surface area (Å²) in [6.07, 6.45) is -1.35. The molecule has 4 amide bonds. The second kappa shape index (κ2) is 16.2. The Kier molecular flexibility index (Phi) is 13.4. The van der Waals surface area contributed by atoms with Crippen molar-refractivity contribution in [1.82, 2.24) is 16.0 Å². The summed E-state index contributed by atoms with van der Waals surface area (Å²) in [5.74, 6) is -6.77. The summed E-state index contributed by atoms with van der Waals surface area (Å²) < 4.78 is 0. The van der Waals surface area contributed by atoms with Gasteiger partial charge in [-0.3, -0.25) is 29.0 Å². The maximum absolute atomic E-state index is 13.1. The summed E-state index contributed by atoms with van der Waals surface area (Å²) in [4.78, 5) is 76.2. The van der Waals surface area contributed by atoms with Crippen LogP contribution >= 0.6 is 0 Å². The molecule has 16 heteroatoms. The Morgan fingerprint density at radius 1 is 0.795 bits per heavy atom. The van der Waals surface area contributed by atoms with E-state index >= 15 is 0 Å². The average molecular weight is 551 g/mol. The van der Waals surface area contributed by atoms with Crippen molar-refractivity contribution in [2.24, 2.45) is 27.9 Å². The minimum absolute atomic E-state index is 0.0433. The quantitative estimate of drug-likeness (QED) is 0.0520. The predicted octanol–water partition coefficient (Wildman–Crippen LogP) is -3.50. The number of aliphatic carboxylic acids is 2. The van der Waals surface area contributed by atoms with E-state index in [2.05, 4.69) is 20.9 Å². The number of guanidine groups is 1. The number of nitrogens with zero attached hydrogens (tertiary/aromatic N) is 1. The normalized spacial score (nSPS) is 13.6. The van der Waals surface area contributed by atoms with Crippen molar-refractivity contribution < 1.29 is 39.0 Å².